The molecule has 2 N–H and O–H groups in total. The van der Waals surface area contributed by atoms with Gasteiger partial charge in [-0.3, -0.25) is 4.79 Å². The number of hydrogen-bond donors (Lipinski definition) is 1. The maximum absolute atomic E-state index is 11.9. The van der Waals surface area contributed by atoms with Crippen LogP contribution in [-0.2, 0) is 0 Å². The molecule has 1 aromatic heterocycles. The minimum atomic E-state index is -0.385. The first-order valence-corrected chi connectivity index (χ1v) is 6.94. The molecule has 2 rings (SSSR count). The van der Waals surface area contributed by atoms with Crippen molar-refractivity contribution >= 4 is 35.5 Å². The Morgan fingerprint density at radius 3 is 2.58 bits per heavy atom. The molecule has 0 bridgehead atoms. The SMILES string of the molecule is CSc1nnc(/C=C/c2ccc(Cl)cc2)c(=O)n1N. The summed E-state index contributed by atoms with van der Waals surface area (Å²) in [5, 5.41) is 8.74. The largest absolute Gasteiger partial charge is 0.334 e. The molecule has 19 heavy (non-hydrogen) atoms. The first kappa shape index (κ1) is 13.6. The normalized spacial score (nSPS) is 11.1. The molecule has 0 saturated carbocycles. The van der Waals surface area contributed by atoms with Gasteiger partial charge in [0.05, 0.1) is 0 Å². The van der Waals surface area contributed by atoms with E-state index >= 15 is 0 Å². The minimum absolute atomic E-state index is 0.190. The molecule has 1 aromatic carbocycles. The van der Waals surface area contributed by atoms with Gasteiger partial charge in [-0.2, -0.15) is 4.68 Å². The lowest BCUT2D eigenvalue weighted by molar-refractivity contribution is 0.695. The quantitative estimate of drug-likeness (QED) is 0.691. The lowest BCUT2D eigenvalue weighted by atomic mass is 10.2. The molecular weight excluding hydrogens is 284 g/mol. The first-order valence-electron chi connectivity index (χ1n) is 5.34. The molecule has 0 unspecified atom stereocenters. The smallest absolute Gasteiger partial charge is 0.298 e. The fourth-order valence-electron chi connectivity index (χ4n) is 1.39. The van der Waals surface area contributed by atoms with Gasteiger partial charge in [-0.25, -0.2) is 0 Å². The molecule has 0 aliphatic rings. The molecule has 2 aromatic rings. The average molecular weight is 295 g/mol. The van der Waals surface area contributed by atoms with E-state index in [2.05, 4.69) is 10.2 Å². The van der Waals surface area contributed by atoms with Crippen molar-refractivity contribution in [1.29, 1.82) is 0 Å². The van der Waals surface area contributed by atoms with Crippen LogP contribution in [0.2, 0.25) is 5.02 Å². The van der Waals surface area contributed by atoms with Gasteiger partial charge in [-0.05, 0) is 30.0 Å². The molecule has 0 fully saturated rings. The van der Waals surface area contributed by atoms with Crippen molar-refractivity contribution in [3.05, 3.63) is 50.9 Å². The Morgan fingerprint density at radius 2 is 1.95 bits per heavy atom. The van der Waals surface area contributed by atoms with Crippen LogP contribution in [-0.4, -0.2) is 21.1 Å². The van der Waals surface area contributed by atoms with Gasteiger partial charge >= 0.3 is 0 Å². The molecule has 0 amide bonds. The van der Waals surface area contributed by atoms with Gasteiger partial charge < -0.3 is 5.84 Å². The number of benzene rings is 1. The van der Waals surface area contributed by atoms with Gasteiger partial charge in [0.15, 0.2) is 5.69 Å². The van der Waals surface area contributed by atoms with Crippen LogP contribution < -0.4 is 11.4 Å². The molecule has 7 heteroatoms. The lowest BCUT2D eigenvalue weighted by Crippen LogP contribution is -2.32. The van der Waals surface area contributed by atoms with E-state index in [-0.39, 0.29) is 11.3 Å². The van der Waals surface area contributed by atoms with Crippen molar-refractivity contribution in [2.45, 2.75) is 5.16 Å². The van der Waals surface area contributed by atoms with Crippen molar-refractivity contribution in [3.63, 3.8) is 0 Å². The zero-order valence-electron chi connectivity index (χ0n) is 10.1. The monoisotopic (exact) mass is 294 g/mol. The van der Waals surface area contributed by atoms with E-state index in [9.17, 15) is 4.79 Å². The fourth-order valence-corrected chi connectivity index (χ4v) is 1.92. The molecule has 0 radical (unpaired) electrons. The van der Waals surface area contributed by atoms with Gasteiger partial charge in [0.25, 0.3) is 5.56 Å². The molecule has 0 saturated heterocycles. The summed E-state index contributed by atoms with van der Waals surface area (Å²) in [4.78, 5) is 11.9. The molecule has 1 heterocycles. The van der Waals surface area contributed by atoms with E-state index in [1.54, 1.807) is 30.5 Å². The van der Waals surface area contributed by atoms with Gasteiger partial charge in [0.2, 0.25) is 5.16 Å². The number of rotatable bonds is 3. The van der Waals surface area contributed by atoms with E-state index in [4.69, 9.17) is 17.4 Å². The highest BCUT2D eigenvalue weighted by atomic mass is 35.5. The van der Waals surface area contributed by atoms with Gasteiger partial charge in [-0.1, -0.05) is 41.6 Å². The Hall–Kier alpha value is -1.79. The highest BCUT2D eigenvalue weighted by Crippen LogP contribution is 2.11. The molecule has 0 aliphatic carbocycles. The van der Waals surface area contributed by atoms with Crippen LogP contribution >= 0.6 is 23.4 Å². The zero-order chi connectivity index (χ0) is 13.8. The molecule has 5 nitrogen and oxygen atoms in total. The minimum Gasteiger partial charge on any atom is -0.334 e. The van der Waals surface area contributed by atoms with Crippen LogP contribution in [0.1, 0.15) is 11.3 Å². The highest BCUT2D eigenvalue weighted by molar-refractivity contribution is 7.98. The fraction of sp³-hybridized carbons (Fsp3) is 0.0833. The number of aromatic nitrogens is 3. The van der Waals surface area contributed by atoms with Crippen LogP contribution in [0, 0.1) is 0 Å². The summed E-state index contributed by atoms with van der Waals surface area (Å²) in [5.74, 6) is 5.61. The third-order valence-electron chi connectivity index (χ3n) is 2.37. The van der Waals surface area contributed by atoms with Crippen molar-refractivity contribution in [2.75, 3.05) is 12.1 Å². The molecule has 98 valence electrons. The number of hydrogen-bond acceptors (Lipinski definition) is 5. The van der Waals surface area contributed by atoms with Crippen LogP contribution in [0.5, 0.6) is 0 Å². The van der Waals surface area contributed by atoms with E-state index in [0.717, 1.165) is 10.2 Å². The Labute approximate surface area is 119 Å². The van der Waals surface area contributed by atoms with Crippen molar-refractivity contribution in [1.82, 2.24) is 14.9 Å². The van der Waals surface area contributed by atoms with E-state index in [0.29, 0.717) is 10.2 Å². The molecule has 0 aliphatic heterocycles. The summed E-state index contributed by atoms with van der Waals surface area (Å²) in [6.45, 7) is 0. The number of nitrogen functional groups attached to an aromatic ring is 1. The maximum atomic E-state index is 11.9. The van der Waals surface area contributed by atoms with Gasteiger partial charge in [0, 0.05) is 5.02 Å². The Morgan fingerprint density at radius 1 is 1.26 bits per heavy atom. The Balaban J connectivity index is 2.31. The summed E-state index contributed by atoms with van der Waals surface area (Å²) < 4.78 is 0.985. The van der Waals surface area contributed by atoms with Gasteiger partial charge in [-0.15, -0.1) is 10.2 Å². The molecule has 0 spiro atoms. The summed E-state index contributed by atoms with van der Waals surface area (Å²) in [6, 6.07) is 7.21. The Bertz CT molecular complexity index is 666. The van der Waals surface area contributed by atoms with Crippen molar-refractivity contribution < 1.29 is 0 Å². The predicted molar refractivity (Wildman–Crippen MR) is 78.6 cm³/mol. The second kappa shape index (κ2) is 5.90. The summed E-state index contributed by atoms with van der Waals surface area (Å²) in [5.41, 5.74) is 0.711. The number of nitrogens with two attached hydrogens (primary N) is 1. The van der Waals surface area contributed by atoms with Crippen LogP contribution in [0.4, 0.5) is 0 Å². The average Bonchev–Trinajstić information content (AvgIpc) is 2.42. The van der Waals surface area contributed by atoms with Crippen LogP contribution in [0.25, 0.3) is 12.2 Å². The highest BCUT2D eigenvalue weighted by Gasteiger charge is 2.06. The van der Waals surface area contributed by atoms with Gasteiger partial charge in [0.1, 0.15) is 0 Å². The third kappa shape index (κ3) is 3.15. The third-order valence-corrected chi connectivity index (χ3v) is 3.27. The number of halogens is 1. The number of nitrogens with zero attached hydrogens (tertiary/aromatic N) is 3. The van der Waals surface area contributed by atoms with E-state index < -0.39 is 0 Å². The zero-order valence-corrected chi connectivity index (χ0v) is 11.6. The number of thioether (sulfide) groups is 1. The second-order valence-corrected chi connectivity index (χ2v) is 4.84. The maximum Gasteiger partial charge on any atom is 0.298 e. The predicted octanol–water partition coefficient (Wildman–Crippen LogP) is 1.90. The molecular formula is C12H11ClN4OS. The topological polar surface area (TPSA) is 73.8 Å². The first-order chi connectivity index (χ1) is 9.11. The second-order valence-electron chi connectivity index (χ2n) is 3.63. The standard InChI is InChI=1S/C12H11ClN4OS/c1-19-12-16-15-10(11(18)17(12)14)7-4-8-2-5-9(13)6-3-8/h2-7H,14H2,1H3/b7-4+. The summed E-state index contributed by atoms with van der Waals surface area (Å²) in [6.07, 6.45) is 5.10. The molecule has 0 atom stereocenters. The van der Waals surface area contributed by atoms with E-state index in [1.807, 2.05) is 12.1 Å². The van der Waals surface area contributed by atoms with E-state index in [1.165, 1.54) is 11.8 Å². The van der Waals surface area contributed by atoms with Crippen molar-refractivity contribution in [3.8, 4) is 0 Å². The van der Waals surface area contributed by atoms with Crippen molar-refractivity contribution in [2.24, 2.45) is 0 Å². The lowest BCUT2D eigenvalue weighted by Gasteiger charge is -2.02. The van der Waals surface area contributed by atoms with Crippen LogP contribution in [0.15, 0.2) is 34.2 Å². The van der Waals surface area contributed by atoms with Crippen LogP contribution in [0.3, 0.4) is 0 Å². The Kier molecular flexibility index (Phi) is 4.24. The summed E-state index contributed by atoms with van der Waals surface area (Å²) in [7, 11) is 0. The summed E-state index contributed by atoms with van der Waals surface area (Å²) >= 11 is 7.05.